The highest BCUT2D eigenvalue weighted by molar-refractivity contribution is 5.96. The zero-order valence-electron chi connectivity index (χ0n) is 13.7. The van der Waals surface area contributed by atoms with E-state index in [0.29, 0.717) is 24.3 Å². The molecule has 3 aromatic rings. The predicted octanol–water partition coefficient (Wildman–Crippen LogP) is 2.30. The fourth-order valence-electron chi connectivity index (χ4n) is 3.09. The van der Waals surface area contributed by atoms with Crippen molar-refractivity contribution in [2.75, 3.05) is 31.1 Å². The number of rotatable bonds is 2. The van der Waals surface area contributed by atoms with Gasteiger partial charge >= 0.3 is 0 Å². The first-order valence-corrected chi connectivity index (χ1v) is 8.26. The minimum atomic E-state index is -0.106. The number of phenols is 1. The van der Waals surface area contributed by atoms with Gasteiger partial charge in [-0.25, -0.2) is 9.97 Å². The van der Waals surface area contributed by atoms with Crippen LogP contribution in [0, 0.1) is 0 Å². The number of hydrogen-bond acceptors (Lipinski definition) is 5. The third-order valence-corrected chi connectivity index (χ3v) is 4.46. The lowest BCUT2D eigenvalue weighted by molar-refractivity contribution is 0.0741. The van der Waals surface area contributed by atoms with E-state index in [1.165, 1.54) is 0 Å². The molecule has 1 aromatic carbocycles. The van der Waals surface area contributed by atoms with Crippen molar-refractivity contribution in [2.45, 2.75) is 0 Å². The molecule has 1 fully saturated rings. The third-order valence-electron chi connectivity index (χ3n) is 4.46. The van der Waals surface area contributed by atoms with Gasteiger partial charge in [0.1, 0.15) is 22.8 Å². The van der Waals surface area contributed by atoms with Crippen molar-refractivity contribution < 1.29 is 9.90 Å². The Morgan fingerprint density at radius 2 is 1.80 bits per heavy atom. The number of piperazine rings is 1. The number of carbonyl (C=O) groups is 1. The first-order chi connectivity index (χ1) is 12.2. The number of nitrogens with zero attached hydrogens (tertiary/aromatic N) is 4. The van der Waals surface area contributed by atoms with Crippen molar-refractivity contribution in [2.24, 2.45) is 0 Å². The van der Waals surface area contributed by atoms with Gasteiger partial charge in [0.05, 0.1) is 0 Å². The monoisotopic (exact) mass is 334 g/mol. The SMILES string of the molecule is O=C(c1ccc2cccc(O)c2n1)N1CCN(c2ccccn2)CC1. The van der Waals surface area contributed by atoms with Gasteiger partial charge in [-0.05, 0) is 24.3 Å². The van der Waals surface area contributed by atoms with Gasteiger partial charge in [-0.2, -0.15) is 0 Å². The van der Waals surface area contributed by atoms with E-state index < -0.39 is 0 Å². The summed E-state index contributed by atoms with van der Waals surface area (Å²) in [6.45, 7) is 2.72. The zero-order chi connectivity index (χ0) is 17.2. The third kappa shape index (κ3) is 2.98. The molecule has 0 aliphatic carbocycles. The molecule has 0 saturated carbocycles. The predicted molar refractivity (Wildman–Crippen MR) is 95.8 cm³/mol. The van der Waals surface area contributed by atoms with Gasteiger partial charge in [0, 0.05) is 37.8 Å². The van der Waals surface area contributed by atoms with Crippen molar-refractivity contribution in [3.8, 4) is 5.75 Å². The summed E-state index contributed by atoms with van der Waals surface area (Å²) in [5.41, 5.74) is 0.820. The molecule has 6 heteroatoms. The maximum atomic E-state index is 12.7. The first-order valence-electron chi connectivity index (χ1n) is 8.26. The number of benzene rings is 1. The molecule has 1 aliphatic heterocycles. The minimum absolute atomic E-state index is 0.0899. The fraction of sp³-hybridized carbons (Fsp3) is 0.211. The molecule has 0 atom stereocenters. The number of hydrogen-bond donors (Lipinski definition) is 1. The number of fused-ring (bicyclic) bond motifs is 1. The Balaban J connectivity index is 1.50. The van der Waals surface area contributed by atoms with Gasteiger partial charge in [-0.15, -0.1) is 0 Å². The smallest absolute Gasteiger partial charge is 0.272 e. The van der Waals surface area contributed by atoms with Gasteiger partial charge in [0.2, 0.25) is 0 Å². The molecule has 0 bridgehead atoms. The normalized spacial score (nSPS) is 14.7. The van der Waals surface area contributed by atoms with E-state index in [1.807, 2.05) is 30.3 Å². The lowest BCUT2D eigenvalue weighted by atomic mass is 10.1. The van der Waals surface area contributed by atoms with E-state index in [-0.39, 0.29) is 11.7 Å². The second-order valence-electron chi connectivity index (χ2n) is 6.01. The van der Waals surface area contributed by atoms with Crippen molar-refractivity contribution in [3.05, 3.63) is 60.4 Å². The number of amides is 1. The van der Waals surface area contributed by atoms with E-state index in [0.717, 1.165) is 24.3 Å². The number of aromatic hydroxyl groups is 1. The highest BCUT2D eigenvalue weighted by Gasteiger charge is 2.23. The molecule has 4 rings (SSSR count). The second-order valence-corrected chi connectivity index (χ2v) is 6.01. The van der Waals surface area contributed by atoms with Crippen LogP contribution in [0.2, 0.25) is 0 Å². The Bertz CT molecular complexity index is 906. The average molecular weight is 334 g/mol. The number of anilines is 1. The Morgan fingerprint density at radius 1 is 0.960 bits per heavy atom. The van der Waals surface area contributed by atoms with E-state index in [1.54, 1.807) is 29.3 Å². The summed E-state index contributed by atoms with van der Waals surface area (Å²) in [7, 11) is 0. The Labute approximate surface area is 145 Å². The Hall–Kier alpha value is -3.15. The summed E-state index contributed by atoms with van der Waals surface area (Å²) in [5.74, 6) is 0.918. The van der Waals surface area contributed by atoms with Gasteiger partial charge in [-0.3, -0.25) is 4.79 Å². The van der Waals surface area contributed by atoms with Crippen LogP contribution in [0.25, 0.3) is 10.9 Å². The van der Waals surface area contributed by atoms with Gasteiger partial charge in [0.15, 0.2) is 0 Å². The number of carbonyl (C=O) groups excluding carboxylic acids is 1. The van der Waals surface area contributed by atoms with Crippen LogP contribution in [0.3, 0.4) is 0 Å². The maximum absolute atomic E-state index is 12.7. The molecule has 1 N–H and O–H groups in total. The molecule has 3 heterocycles. The summed E-state index contributed by atoms with van der Waals surface area (Å²) < 4.78 is 0. The van der Waals surface area contributed by atoms with Crippen LogP contribution in [-0.2, 0) is 0 Å². The summed E-state index contributed by atoms with van der Waals surface area (Å²) in [6.07, 6.45) is 1.78. The fourth-order valence-corrected chi connectivity index (χ4v) is 3.09. The van der Waals surface area contributed by atoms with Crippen LogP contribution in [0.15, 0.2) is 54.7 Å². The molecule has 0 radical (unpaired) electrons. The standard InChI is InChI=1S/C19H18N4O2/c24-16-5-3-4-14-7-8-15(21-18(14)16)19(25)23-12-10-22(11-13-23)17-6-1-2-9-20-17/h1-9,24H,10-13H2. The quantitative estimate of drug-likeness (QED) is 0.779. The summed E-state index contributed by atoms with van der Waals surface area (Å²) in [5, 5.41) is 10.8. The van der Waals surface area contributed by atoms with Crippen LogP contribution < -0.4 is 4.90 Å². The molecule has 1 aliphatic rings. The summed E-state index contributed by atoms with van der Waals surface area (Å²) in [4.78, 5) is 25.4. The Kier molecular flexibility index (Phi) is 3.93. The van der Waals surface area contributed by atoms with Gasteiger partial charge in [0.25, 0.3) is 5.91 Å². The number of phenolic OH excluding ortho intramolecular Hbond substituents is 1. The highest BCUT2D eigenvalue weighted by Crippen LogP contribution is 2.23. The minimum Gasteiger partial charge on any atom is -0.506 e. The molecule has 0 spiro atoms. The molecular formula is C19H18N4O2. The van der Waals surface area contributed by atoms with E-state index in [4.69, 9.17) is 0 Å². The molecule has 1 saturated heterocycles. The van der Waals surface area contributed by atoms with Crippen LogP contribution >= 0.6 is 0 Å². The molecule has 6 nitrogen and oxygen atoms in total. The van der Waals surface area contributed by atoms with Crippen molar-refractivity contribution >= 4 is 22.6 Å². The largest absolute Gasteiger partial charge is 0.506 e. The topological polar surface area (TPSA) is 69.6 Å². The molecule has 0 unspecified atom stereocenters. The van der Waals surface area contributed by atoms with Crippen LogP contribution in [0.4, 0.5) is 5.82 Å². The van der Waals surface area contributed by atoms with E-state index >= 15 is 0 Å². The van der Waals surface area contributed by atoms with Gasteiger partial charge < -0.3 is 14.9 Å². The van der Waals surface area contributed by atoms with Crippen LogP contribution in [0.5, 0.6) is 5.75 Å². The van der Waals surface area contributed by atoms with E-state index in [9.17, 15) is 9.90 Å². The zero-order valence-corrected chi connectivity index (χ0v) is 13.7. The molecule has 126 valence electrons. The molecule has 25 heavy (non-hydrogen) atoms. The maximum Gasteiger partial charge on any atom is 0.272 e. The number of pyridine rings is 2. The van der Waals surface area contributed by atoms with Crippen LogP contribution in [-0.4, -0.2) is 52.1 Å². The first kappa shape index (κ1) is 15.4. The second kappa shape index (κ2) is 6.39. The number of aromatic nitrogens is 2. The lowest BCUT2D eigenvalue weighted by Gasteiger charge is -2.35. The molecule has 2 aromatic heterocycles. The number of para-hydroxylation sites is 1. The van der Waals surface area contributed by atoms with Crippen molar-refractivity contribution in [1.29, 1.82) is 0 Å². The Morgan fingerprint density at radius 3 is 2.56 bits per heavy atom. The van der Waals surface area contributed by atoms with E-state index in [2.05, 4.69) is 14.9 Å². The lowest BCUT2D eigenvalue weighted by Crippen LogP contribution is -2.49. The summed E-state index contributed by atoms with van der Waals surface area (Å²) in [6, 6.07) is 14.6. The van der Waals surface area contributed by atoms with Crippen LogP contribution in [0.1, 0.15) is 10.5 Å². The van der Waals surface area contributed by atoms with Gasteiger partial charge in [-0.1, -0.05) is 24.3 Å². The average Bonchev–Trinajstić information content (AvgIpc) is 2.68. The summed E-state index contributed by atoms with van der Waals surface area (Å²) >= 11 is 0. The van der Waals surface area contributed by atoms with Crippen molar-refractivity contribution in [1.82, 2.24) is 14.9 Å². The molecular weight excluding hydrogens is 316 g/mol. The molecule has 1 amide bonds. The van der Waals surface area contributed by atoms with Crippen molar-refractivity contribution in [3.63, 3.8) is 0 Å². The highest BCUT2D eigenvalue weighted by atomic mass is 16.3.